The van der Waals surface area contributed by atoms with Crippen LogP contribution in [0.25, 0.3) is 0 Å². The van der Waals surface area contributed by atoms with E-state index in [2.05, 4.69) is 61.5 Å². The van der Waals surface area contributed by atoms with Gasteiger partial charge in [-0.2, -0.15) is 0 Å². The first-order valence-electron chi connectivity index (χ1n) is 14.5. The second-order valence-corrected chi connectivity index (χ2v) is 13.5. The largest absolute Gasteiger partial charge is 0.495 e. The van der Waals surface area contributed by atoms with Gasteiger partial charge in [-0.15, -0.1) is 0 Å². The predicted molar refractivity (Wildman–Crippen MR) is 166 cm³/mol. The second kappa shape index (κ2) is 11.8. The van der Waals surface area contributed by atoms with Gasteiger partial charge in [-0.3, -0.25) is 9.69 Å². The van der Waals surface area contributed by atoms with Gasteiger partial charge in [-0.05, 0) is 116 Å². The van der Waals surface area contributed by atoms with Crippen LogP contribution >= 0.6 is 15.9 Å². The molecule has 0 bridgehead atoms. The number of carbonyl (C=O) groups excluding carboxylic acids is 1. The van der Waals surface area contributed by atoms with Gasteiger partial charge >= 0.3 is 0 Å². The molecule has 3 aromatic rings. The number of β-amino-alcohol motifs (C(OH)–C–C–N with tert-alkyl or cyclic N) is 1. The van der Waals surface area contributed by atoms with Crippen LogP contribution in [0.2, 0.25) is 0 Å². The number of aliphatic hydroxyl groups is 1. The molecule has 41 heavy (non-hydrogen) atoms. The Balaban J connectivity index is 1.30. The summed E-state index contributed by atoms with van der Waals surface area (Å²) < 4.78 is 6.64. The van der Waals surface area contributed by atoms with E-state index in [9.17, 15) is 9.90 Å². The summed E-state index contributed by atoms with van der Waals surface area (Å²) in [5, 5.41) is 13.6. The zero-order valence-electron chi connectivity index (χ0n) is 24.8. The molecule has 2 aliphatic rings. The van der Waals surface area contributed by atoms with E-state index < -0.39 is 11.0 Å². The molecule has 1 aliphatic carbocycles. The topological polar surface area (TPSA) is 87.6 Å². The number of anilines is 2. The van der Waals surface area contributed by atoms with Gasteiger partial charge < -0.3 is 15.2 Å². The van der Waals surface area contributed by atoms with E-state index in [1.54, 1.807) is 13.3 Å². The zero-order valence-corrected chi connectivity index (χ0v) is 26.3. The van der Waals surface area contributed by atoms with Gasteiger partial charge in [0.15, 0.2) is 0 Å². The number of rotatable bonds is 9. The number of aromatic nitrogens is 2. The van der Waals surface area contributed by atoms with Crippen LogP contribution in [0.1, 0.15) is 74.4 Å². The first kappa shape index (κ1) is 29.7. The van der Waals surface area contributed by atoms with Crippen molar-refractivity contribution in [3.8, 4) is 5.75 Å². The average molecular weight is 622 g/mol. The molecule has 2 aromatic carbocycles. The number of piperidine rings is 1. The summed E-state index contributed by atoms with van der Waals surface area (Å²) in [6.07, 6.45) is 6.04. The van der Waals surface area contributed by atoms with Gasteiger partial charge in [-0.25, -0.2) is 9.97 Å². The van der Waals surface area contributed by atoms with E-state index in [0.717, 1.165) is 65.9 Å². The lowest BCUT2D eigenvalue weighted by molar-refractivity contribution is -0.121. The van der Waals surface area contributed by atoms with Crippen LogP contribution < -0.4 is 10.1 Å². The second-order valence-electron chi connectivity index (χ2n) is 12.6. The van der Waals surface area contributed by atoms with Crippen molar-refractivity contribution in [2.75, 3.05) is 32.1 Å². The van der Waals surface area contributed by atoms with Crippen molar-refractivity contribution in [2.45, 2.75) is 76.7 Å². The Morgan fingerprint density at radius 2 is 2.02 bits per heavy atom. The highest BCUT2D eigenvalue weighted by molar-refractivity contribution is 9.10. The highest BCUT2D eigenvalue weighted by atomic mass is 79.9. The zero-order chi connectivity index (χ0) is 29.4. The van der Waals surface area contributed by atoms with Crippen molar-refractivity contribution in [1.29, 1.82) is 0 Å². The van der Waals surface area contributed by atoms with Crippen LogP contribution in [0.3, 0.4) is 0 Å². The molecule has 7 nitrogen and oxygen atoms in total. The van der Waals surface area contributed by atoms with Crippen molar-refractivity contribution in [1.82, 2.24) is 14.9 Å². The maximum absolute atomic E-state index is 12.6. The van der Waals surface area contributed by atoms with Crippen LogP contribution in [0.4, 0.5) is 11.6 Å². The summed E-state index contributed by atoms with van der Waals surface area (Å²) in [5.41, 5.74) is 5.35. The number of likely N-dealkylation sites (tertiary alicyclic amines) is 1. The van der Waals surface area contributed by atoms with Crippen LogP contribution in [-0.4, -0.2) is 58.1 Å². The molecule has 0 radical (unpaired) electrons. The standard InChI is InChI=1S/C33H41BrN4O3/c1-32(2,40)20-38-15-7-10-24(19-38)22-12-14-27(28(16-22)41-5)37-31-35-18-25(34)26(36-31)13-11-21-8-6-9-23-17-29(39)33(3,4)30(21)23/h6,8-9,12,14,16,18,24,40H,7,10-11,13,15,17,19-20H2,1-5H3,(H,35,36,37). The Kier molecular flexibility index (Phi) is 8.56. The molecule has 1 aliphatic heterocycles. The Bertz CT molecular complexity index is 1430. The Morgan fingerprint density at radius 1 is 1.22 bits per heavy atom. The quantitative estimate of drug-likeness (QED) is 0.297. The lowest BCUT2D eigenvalue weighted by atomic mass is 9.82. The first-order chi connectivity index (χ1) is 19.4. The van der Waals surface area contributed by atoms with E-state index in [0.29, 0.717) is 24.8 Å². The maximum Gasteiger partial charge on any atom is 0.227 e. The van der Waals surface area contributed by atoms with Gasteiger partial charge in [0.05, 0.1) is 28.6 Å². The van der Waals surface area contributed by atoms with Crippen molar-refractivity contribution in [2.24, 2.45) is 0 Å². The van der Waals surface area contributed by atoms with E-state index >= 15 is 0 Å². The number of aryl methyl sites for hydroxylation is 2. The first-order valence-corrected chi connectivity index (χ1v) is 15.3. The average Bonchev–Trinajstić information content (AvgIpc) is 3.16. The molecule has 218 valence electrons. The number of halogens is 1. The summed E-state index contributed by atoms with van der Waals surface area (Å²) in [7, 11) is 1.68. The fraction of sp³-hybridized carbons (Fsp3) is 0.485. The number of carbonyl (C=O) groups is 1. The predicted octanol–water partition coefficient (Wildman–Crippen LogP) is 6.13. The lowest BCUT2D eigenvalue weighted by Gasteiger charge is -2.36. The minimum atomic E-state index is -0.701. The summed E-state index contributed by atoms with van der Waals surface area (Å²) in [5.74, 6) is 1.94. The number of Topliss-reactive ketones (excluding diaryl/α,β-unsaturated/α-hetero) is 1. The van der Waals surface area contributed by atoms with E-state index in [4.69, 9.17) is 9.72 Å². The van der Waals surface area contributed by atoms with E-state index in [1.807, 2.05) is 33.8 Å². The van der Waals surface area contributed by atoms with Crippen molar-refractivity contribution >= 4 is 33.3 Å². The number of benzene rings is 2. The molecule has 1 atom stereocenters. The van der Waals surface area contributed by atoms with Crippen LogP contribution in [0.5, 0.6) is 5.75 Å². The van der Waals surface area contributed by atoms with E-state index in [1.165, 1.54) is 16.7 Å². The third kappa shape index (κ3) is 6.65. The molecule has 2 N–H and O–H groups in total. The van der Waals surface area contributed by atoms with Crippen LogP contribution in [0, 0.1) is 0 Å². The van der Waals surface area contributed by atoms with Crippen molar-refractivity contribution < 1.29 is 14.6 Å². The molecule has 1 saturated heterocycles. The molecule has 1 aromatic heterocycles. The number of hydrogen-bond donors (Lipinski definition) is 2. The molecule has 0 amide bonds. The lowest BCUT2D eigenvalue weighted by Crippen LogP contribution is -2.43. The SMILES string of the molecule is COc1cc(C2CCCN(CC(C)(C)O)C2)ccc1Nc1ncc(Br)c(CCc2cccc3c2C(C)(C)C(=O)C3)n1. The van der Waals surface area contributed by atoms with Gasteiger partial charge in [0.25, 0.3) is 0 Å². The number of ketones is 1. The molecular weight excluding hydrogens is 580 g/mol. The Hall–Kier alpha value is -2.81. The van der Waals surface area contributed by atoms with Crippen LogP contribution in [0.15, 0.2) is 47.1 Å². The molecule has 2 heterocycles. The Labute approximate surface area is 251 Å². The molecule has 8 heteroatoms. The Morgan fingerprint density at radius 3 is 2.78 bits per heavy atom. The fourth-order valence-electron chi connectivity index (χ4n) is 6.44. The number of fused-ring (bicyclic) bond motifs is 1. The molecule has 1 fully saturated rings. The number of hydrogen-bond acceptors (Lipinski definition) is 7. The molecule has 1 unspecified atom stereocenters. The molecule has 0 spiro atoms. The smallest absolute Gasteiger partial charge is 0.227 e. The number of nitrogens with one attached hydrogen (secondary N) is 1. The third-order valence-corrected chi connectivity index (χ3v) is 9.08. The molecular formula is C33H41BrN4O3. The summed E-state index contributed by atoms with van der Waals surface area (Å²) in [6, 6.07) is 12.6. The minimum Gasteiger partial charge on any atom is -0.495 e. The van der Waals surface area contributed by atoms with Gasteiger partial charge in [-0.1, -0.05) is 24.3 Å². The number of methoxy groups -OCH3 is 1. The van der Waals surface area contributed by atoms with E-state index in [-0.39, 0.29) is 5.78 Å². The van der Waals surface area contributed by atoms with Crippen molar-refractivity contribution in [3.05, 3.63) is 75.0 Å². The molecule has 0 saturated carbocycles. The minimum absolute atomic E-state index is 0.282. The normalized spacial score (nSPS) is 18.8. The highest BCUT2D eigenvalue weighted by Crippen LogP contribution is 2.39. The highest BCUT2D eigenvalue weighted by Gasteiger charge is 2.39. The number of ether oxygens (including phenoxy) is 1. The monoisotopic (exact) mass is 620 g/mol. The van der Waals surface area contributed by atoms with Gasteiger partial charge in [0.2, 0.25) is 5.95 Å². The van der Waals surface area contributed by atoms with Gasteiger partial charge in [0.1, 0.15) is 11.5 Å². The summed E-state index contributed by atoms with van der Waals surface area (Å²) >= 11 is 3.64. The fourth-order valence-corrected chi connectivity index (χ4v) is 6.83. The molecule has 5 rings (SSSR count). The van der Waals surface area contributed by atoms with Crippen molar-refractivity contribution in [3.63, 3.8) is 0 Å². The van der Waals surface area contributed by atoms with Gasteiger partial charge in [0, 0.05) is 31.1 Å². The van der Waals surface area contributed by atoms with Crippen LogP contribution in [-0.2, 0) is 29.5 Å². The summed E-state index contributed by atoms with van der Waals surface area (Å²) in [6.45, 7) is 10.4. The maximum atomic E-state index is 12.6. The summed E-state index contributed by atoms with van der Waals surface area (Å²) in [4.78, 5) is 24.3. The number of nitrogens with zero attached hydrogens (tertiary/aromatic N) is 3. The third-order valence-electron chi connectivity index (χ3n) is 8.42.